The summed E-state index contributed by atoms with van der Waals surface area (Å²) < 4.78 is 0. The molecule has 0 aliphatic heterocycles. The predicted octanol–water partition coefficient (Wildman–Crippen LogP) is 3.59. The molecule has 0 aromatic heterocycles. The van der Waals surface area contributed by atoms with Crippen molar-refractivity contribution < 1.29 is 0 Å². The van der Waals surface area contributed by atoms with Gasteiger partial charge in [-0.05, 0) is 44.4 Å². The molecule has 0 bridgehead atoms. The van der Waals surface area contributed by atoms with Crippen molar-refractivity contribution in [2.75, 3.05) is 0 Å². The van der Waals surface area contributed by atoms with Crippen LogP contribution in [-0.4, -0.2) is 12.1 Å². The third-order valence-corrected chi connectivity index (χ3v) is 3.70. The lowest BCUT2D eigenvalue weighted by molar-refractivity contribution is 0.341. The molecular formula is C13H27N. The lowest BCUT2D eigenvalue weighted by atomic mass is 9.97. The van der Waals surface area contributed by atoms with E-state index in [4.69, 9.17) is 0 Å². The van der Waals surface area contributed by atoms with Gasteiger partial charge in [0, 0.05) is 12.1 Å². The summed E-state index contributed by atoms with van der Waals surface area (Å²) in [5.74, 6) is 1.86. The minimum Gasteiger partial charge on any atom is -0.311 e. The van der Waals surface area contributed by atoms with Gasteiger partial charge in [0.1, 0.15) is 0 Å². The molecule has 0 aromatic carbocycles. The monoisotopic (exact) mass is 197 g/mol. The molecule has 1 N–H and O–H groups in total. The fourth-order valence-electron chi connectivity index (χ4n) is 2.11. The molecule has 1 fully saturated rings. The molecule has 0 saturated heterocycles. The van der Waals surface area contributed by atoms with Crippen LogP contribution in [0, 0.1) is 11.8 Å². The smallest absolute Gasteiger partial charge is 0.00695 e. The van der Waals surface area contributed by atoms with E-state index < -0.39 is 0 Å². The van der Waals surface area contributed by atoms with Crippen LogP contribution in [0.1, 0.15) is 59.8 Å². The van der Waals surface area contributed by atoms with E-state index in [-0.39, 0.29) is 0 Å². The highest BCUT2D eigenvalue weighted by molar-refractivity contribution is 4.85. The first-order chi connectivity index (χ1) is 6.67. The Kier molecular flexibility index (Phi) is 4.94. The van der Waals surface area contributed by atoms with Gasteiger partial charge in [0.15, 0.2) is 0 Å². The molecule has 1 nitrogen and oxygen atoms in total. The van der Waals surface area contributed by atoms with E-state index in [9.17, 15) is 0 Å². The van der Waals surface area contributed by atoms with Crippen LogP contribution in [0.2, 0.25) is 0 Å². The SMILES string of the molecule is CCC(C)CC(CC)NC(C)C1CC1. The maximum absolute atomic E-state index is 3.79. The Morgan fingerprint density at radius 3 is 2.21 bits per heavy atom. The van der Waals surface area contributed by atoms with Gasteiger partial charge in [-0.1, -0.05) is 27.2 Å². The second kappa shape index (κ2) is 5.75. The standard InChI is InChI=1S/C13H27N/c1-5-10(3)9-13(6-2)14-11(4)12-7-8-12/h10-14H,5-9H2,1-4H3. The summed E-state index contributed by atoms with van der Waals surface area (Å²) in [6, 6.07) is 1.50. The van der Waals surface area contributed by atoms with Crippen molar-refractivity contribution in [3.63, 3.8) is 0 Å². The van der Waals surface area contributed by atoms with Gasteiger partial charge in [-0.15, -0.1) is 0 Å². The fraction of sp³-hybridized carbons (Fsp3) is 1.00. The Hall–Kier alpha value is -0.0400. The maximum atomic E-state index is 3.79. The average molecular weight is 197 g/mol. The molecule has 0 spiro atoms. The summed E-state index contributed by atoms with van der Waals surface area (Å²) in [5, 5.41) is 3.79. The van der Waals surface area contributed by atoms with Crippen molar-refractivity contribution in [1.29, 1.82) is 0 Å². The minimum absolute atomic E-state index is 0.751. The largest absolute Gasteiger partial charge is 0.311 e. The Morgan fingerprint density at radius 2 is 1.79 bits per heavy atom. The molecule has 3 atom stereocenters. The zero-order valence-electron chi connectivity index (χ0n) is 10.3. The van der Waals surface area contributed by atoms with Crippen LogP contribution in [0.5, 0.6) is 0 Å². The van der Waals surface area contributed by atoms with Crippen LogP contribution in [0.15, 0.2) is 0 Å². The summed E-state index contributed by atoms with van der Waals surface area (Å²) in [4.78, 5) is 0. The van der Waals surface area contributed by atoms with Gasteiger partial charge in [0.25, 0.3) is 0 Å². The normalized spacial score (nSPS) is 23.1. The summed E-state index contributed by atoms with van der Waals surface area (Å²) >= 11 is 0. The van der Waals surface area contributed by atoms with Crippen molar-refractivity contribution in [1.82, 2.24) is 5.32 Å². The minimum atomic E-state index is 0.751. The van der Waals surface area contributed by atoms with Gasteiger partial charge < -0.3 is 5.32 Å². The van der Waals surface area contributed by atoms with Gasteiger partial charge in [0.05, 0.1) is 0 Å². The Morgan fingerprint density at radius 1 is 1.14 bits per heavy atom. The topological polar surface area (TPSA) is 12.0 Å². The quantitative estimate of drug-likeness (QED) is 0.657. The molecule has 0 aromatic rings. The van der Waals surface area contributed by atoms with Gasteiger partial charge >= 0.3 is 0 Å². The third-order valence-electron chi connectivity index (χ3n) is 3.70. The van der Waals surface area contributed by atoms with Crippen molar-refractivity contribution >= 4 is 0 Å². The number of hydrogen-bond donors (Lipinski definition) is 1. The van der Waals surface area contributed by atoms with Crippen LogP contribution in [-0.2, 0) is 0 Å². The van der Waals surface area contributed by atoms with E-state index in [1.165, 1.54) is 32.1 Å². The molecule has 84 valence electrons. The highest BCUT2D eigenvalue weighted by atomic mass is 15.0. The molecule has 1 aliphatic rings. The molecule has 1 saturated carbocycles. The maximum Gasteiger partial charge on any atom is 0.00695 e. The van der Waals surface area contributed by atoms with Crippen molar-refractivity contribution in [2.45, 2.75) is 71.9 Å². The summed E-state index contributed by atoms with van der Waals surface area (Å²) in [6.07, 6.45) is 6.85. The highest BCUT2D eigenvalue weighted by Gasteiger charge is 2.28. The molecular weight excluding hydrogens is 170 g/mol. The zero-order chi connectivity index (χ0) is 10.6. The van der Waals surface area contributed by atoms with Crippen molar-refractivity contribution in [3.8, 4) is 0 Å². The number of rotatable bonds is 7. The molecule has 1 heteroatoms. The summed E-state index contributed by atoms with van der Waals surface area (Å²) in [7, 11) is 0. The molecule has 1 rings (SSSR count). The van der Waals surface area contributed by atoms with Crippen molar-refractivity contribution in [2.24, 2.45) is 11.8 Å². The van der Waals surface area contributed by atoms with Gasteiger partial charge in [-0.2, -0.15) is 0 Å². The molecule has 3 unspecified atom stereocenters. The van der Waals surface area contributed by atoms with E-state index in [2.05, 4.69) is 33.0 Å². The van der Waals surface area contributed by atoms with E-state index in [1.807, 2.05) is 0 Å². The average Bonchev–Trinajstić information content (AvgIpc) is 2.99. The molecule has 14 heavy (non-hydrogen) atoms. The fourth-order valence-corrected chi connectivity index (χ4v) is 2.11. The number of nitrogens with one attached hydrogen (secondary N) is 1. The highest BCUT2D eigenvalue weighted by Crippen LogP contribution is 2.32. The molecule has 0 heterocycles. The summed E-state index contributed by atoms with van der Waals surface area (Å²) in [5.41, 5.74) is 0. The van der Waals surface area contributed by atoms with Crippen LogP contribution in [0.4, 0.5) is 0 Å². The van der Waals surface area contributed by atoms with Crippen molar-refractivity contribution in [3.05, 3.63) is 0 Å². The number of hydrogen-bond acceptors (Lipinski definition) is 1. The third kappa shape index (κ3) is 4.00. The first-order valence-electron chi connectivity index (χ1n) is 6.43. The van der Waals surface area contributed by atoms with E-state index in [0.717, 1.165) is 23.9 Å². The lowest BCUT2D eigenvalue weighted by Gasteiger charge is -2.24. The van der Waals surface area contributed by atoms with Crippen LogP contribution in [0.3, 0.4) is 0 Å². The van der Waals surface area contributed by atoms with Crippen LogP contribution >= 0.6 is 0 Å². The molecule has 0 radical (unpaired) electrons. The Bertz CT molecular complexity index is 151. The first kappa shape index (κ1) is 12.0. The Balaban J connectivity index is 2.22. The Labute approximate surface area is 89.7 Å². The predicted molar refractivity (Wildman–Crippen MR) is 63.5 cm³/mol. The molecule has 0 amide bonds. The van der Waals surface area contributed by atoms with Crippen LogP contribution < -0.4 is 5.32 Å². The second-order valence-electron chi connectivity index (χ2n) is 5.15. The first-order valence-corrected chi connectivity index (χ1v) is 6.43. The van der Waals surface area contributed by atoms with Gasteiger partial charge in [-0.3, -0.25) is 0 Å². The zero-order valence-corrected chi connectivity index (χ0v) is 10.3. The van der Waals surface area contributed by atoms with Gasteiger partial charge in [-0.25, -0.2) is 0 Å². The molecule has 1 aliphatic carbocycles. The van der Waals surface area contributed by atoms with Gasteiger partial charge in [0.2, 0.25) is 0 Å². The van der Waals surface area contributed by atoms with Crippen LogP contribution in [0.25, 0.3) is 0 Å². The van der Waals surface area contributed by atoms with E-state index in [1.54, 1.807) is 0 Å². The van der Waals surface area contributed by atoms with E-state index >= 15 is 0 Å². The lowest BCUT2D eigenvalue weighted by Crippen LogP contribution is -2.38. The summed E-state index contributed by atoms with van der Waals surface area (Å²) in [6.45, 7) is 9.32. The second-order valence-corrected chi connectivity index (χ2v) is 5.15. The van der Waals surface area contributed by atoms with E-state index in [0.29, 0.717) is 0 Å².